The van der Waals surface area contributed by atoms with E-state index in [4.69, 9.17) is 9.84 Å². The average molecular weight is 210 g/mol. The minimum atomic E-state index is -1.02. The van der Waals surface area contributed by atoms with E-state index in [1.807, 2.05) is 0 Å². The Morgan fingerprint density at radius 1 is 1.60 bits per heavy atom. The first-order chi connectivity index (χ1) is 7.11. The lowest BCUT2D eigenvalue weighted by Crippen LogP contribution is -2.10. The van der Waals surface area contributed by atoms with Gasteiger partial charge in [-0.1, -0.05) is 6.07 Å². The number of benzene rings is 1. The summed E-state index contributed by atoms with van der Waals surface area (Å²) in [5.41, 5.74) is 0.729. The van der Waals surface area contributed by atoms with E-state index in [1.54, 1.807) is 6.07 Å². The van der Waals surface area contributed by atoms with Gasteiger partial charge in [0.05, 0.1) is 12.5 Å². The SMILES string of the molecule is CC(C(=O)O)c1ccc2c(c1F)CCO2. The summed E-state index contributed by atoms with van der Waals surface area (Å²) in [5, 5.41) is 8.81. The fourth-order valence-corrected chi connectivity index (χ4v) is 1.72. The second-order valence-electron chi connectivity index (χ2n) is 3.60. The summed E-state index contributed by atoms with van der Waals surface area (Å²) in [5.74, 6) is -1.74. The van der Waals surface area contributed by atoms with Crippen molar-refractivity contribution in [1.29, 1.82) is 0 Å². The average Bonchev–Trinajstić information content (AvgIpc) is 2.66. The van der Waals surface area contributed by atoms with Crippen LogP contribution in [0.2, 0.25) is 0 Å². The Morgan fingerprint density at radius 3 is 3.00 bits per heavy atom. The molecule has 80 valence electrons. The molecule has 1 atom stereocenters. The first kappa shape index (κ1) is 9.96. The molecule has 0 aliphatic carbocycles. The molecule has 1 aliphatic heterocycles. The van der Waals surface area contributed by atoms with Crippen molar-refractivity contribution in [2.24, 2.45) is 0 Å². The molecule has 4 heteroatoms. The lowest BCUT2D eigenvalue weighted by Gasteiger charge is -2.10. The zero-order valence-corrected chi connectivity index (χ0v) is 8.29. The van der Waals surface area contributed by atoms with Crippen molar-refractivity contribution in [3.8, 4) is 5.75 Å². The number of hydrogen-bond acceptors (Lipinski definition) is 2. The maximum absolute atomic E-state index is 13.8. The summed E-state index contributed by atoms with van der Waals surface area (Å²) in [4.78, 5) is 10.8. The van der Waals surface area contributed by atoms with Crippen molar-refractivity contribution >= 4 is 5.97 Å². The third-order valence-electron chi connectivity index (χ3n) is 2.68. The van der Waals surface area contributed by atoms with Gasteiger partial charge in [0.2, 0.25) is 0 Å². The van der Waals surface area contributed by atoms with Gasteiger partial charge in [-0.3, -0.25) is 4.79 Å². The van der Waals surface area contributed by atoms with Crippen LogP contribution in [0.1, 0.15) is 24.0 Å². The molecule has 0 amide bonds. The molecule has 15 heavy (non-hydrogen) atoms. The highest BCUT2D eigenvalue weighted by Gasteiger charge is 2.24. The van der Waals surface area contributed by atoms with Crippen LogP contribution in [0.25, 0.3) is 0 Å². The number of rotatable bonds is 2. The molecule has 0 aromatic heterocycles. The van der Waals surface area contributed by atoms with Gasteiger partial charge in [-0.2, -0.15) is 0 Å². The van der Waals surface area contributed by atoms with Gasteiger partial charge in [0.15, 0.2) is 0 Å². The van der Waals surface area contributed by atoms with E-state index in [-0.39, 0.29) is 5.56 Å². The van der Waals surface area contributed by atoms with Gasteiger partial charge in [0.25, 0.3) is 0 Å². The van der Waals surface area contributed by atoms with Crippen LogP contribution in [0.15, 0.2) is 12.1 Å². The van der Waals surface area contributed by atoms with Crippen LogP contribution in [0, 0.1) is 5.82 Å². The highest BCUT2D eigenvalue weighted by atomic mass is 19.1. The summed E-state index contributed by atoms with van der Waals surface area (Å²) in [6.45, 7) is 1.94. The number of aliphatic carboxylic acids is 1. The number of ether oxygens (including phenoxy) is 1. The van der Waals surface area contributed by atoms with E-state index < -0.39 is 17.7 Å². The highest BCUT2D eigenvalue weighted by molar-refractivity contribution is 5.75. The number of fused-ring (bicyclic) bond motifs is 1. The fourth-order valence-electron chi connectivity index (χ4n) is 1.72. The third-order valence-corrected chi connectivity index (χ3v) is 2.68. The van der Waals surface area contributed by atoms with Crippen LogP contribution >= 0.6 is 0 Å². The van der Waals surface area contributed by atoms with Crippen molar-refractivity contribution in [1.82, 2.24) is 0 Å². The number of carbonyl (C=O) groups is 1. The molecule has 3 nitrogen and oxygen atoms in total. The molecule has 0 spiro atoms. The molecular weight excluding hydrogens is 199 g/mol. The number of carboxylic acids is 1. The Bertz CT molecular complexity index is 415. The van der Waals surface area contributed by atoms with Gasteiger partial charge < -0.3 is 9.84 Å². The van der Waals surface area contributed by atoms with E-state index in [0.717, 1.165) is 0 Å². The van der Waals surface area contributed by atoms with E-state index in [9.17, 15) is 9.18 Å². The summed E-state index contributed by atoms with van der Waals surface area (Å²) < 4.78 is 19.0. The number of carboxylic acid groups (broad SMARTS) is 1. The van der Waals surface area contributed by atoms with Crippen LogP contribution < -0.4 is 4.74 Å². The van der Waals surface area contributed by atoms with E-state index in [2.05, 4.69) is 0 Å². The second-order valence-corrected chi connectivity index (χ2v) is 3.60. The molecule has 1 heterocycles. The van der Waals surface area contributed by atoms with Crippen molar-refractivity contribution < 1.29 is 19.0 Å². The van der Waals surface area contributed by atoms with Crippen LogP contribution in [0.5, 0.6) is 5.75 Å². The van der Waals surface area contributed by atoms with Gasteiger partial charge in [0.1, 0.15) is 11.6 Å². The van der Waals surface area contributed by atoms with Crippen LogP contribution in [-0.2, 0) is 11.2 Å². The lowest BCUT2D eigenvalue weighted by molar-refractivity contribution is -0.138. The molecule has 0 bridgehead atoms. The van der Waals surface area contributed by atoms with Gasteiger partial charge in [0, 0.05) is 17.5 Å². The number of halogens is 1. The van der Waals surface area contributed by atoms with Crippen LogP contribution in [0.3, 0.4) is 0 Å². The summed E-state index contributed by atoms with van der Waals surface area (Å²) in [7, 11) is 0. The predicted molar refractivity (Wildman–Crippen MR) is 51.6 cm³/mol. The Kier molecular flexibility index (Phi) is 2.34. The Hall–Kier alpha value is -1.58. The summed E-state index contributed by atoms with van der Waals surface area (Å²) in [6.07, 6.45) is 0.515. The normalized spacial score (nSPS) is 15.6. The van der Waals surface area contributed by atoms with Crippen molar-refractivity contribution in [3.05, 3.63) is 29.1 Å². The Labute approximate surface area is 86.5 Å². The van der Waals surface area contributed by atoms with Crippen molar-refractivity contribution in [3.63, 3.8) is 0 Å². The molecular formula is C11H11FO3. The van der Waals surface area contributed by atoms with E-state index in [0.29, 0.717) is 24.3 Å². The Morgan fingerprint density at radius 2 is 2.33 bits per heavy atom. The minimum Gasteiger partial charge on any atom is -0.493 e. The second kappa shape index (κ2) is 3.53. The zero-order chi connectivity index (χ0) is 11.0. The highest BCUT2D eigenvalue weighted by Crippen LogP contribution is 2.32. The first-order valence-electron chi connectivity index (χ1n) is 4.78. The van der Waals surface area contributed by atoms with Crippen molar-refractivity contribution in [2.75, 3.05) is 6.61 Å². The van der Waals surface area contributed by atoms with Crippen molar-refractivity contribution in [2.45, 2.75) is 19.3 Å². The lowest BCUT2D eigenvalue weighted by atomic mass is 9.97. The fraction of sp³-hybridized carbons (Fsp3) is 0.364. The molecule has 1 aliphatic rings. The minimum absolute atomic E-state index is 0.228. The Balaban J connectivity index is 2.46. The molecule has 0 saturated carbocycles. The molecule has 1 N–H and O–H groups in total. The smallest absolute Gasteiger partial charge is 0.310 e. The van der Waals surface area contributed by atoms with Crippen LogP contribution in [0.4, 0.5) is 4.39 Å². The zero-order valence-electron chi connectivity index (χ0n) is 8.29. The molecule has 1 aromatic rings. The van der Waals surface area contributed by atoms with Gasteiger partial charge in [-0.15, -0.1) is 0 Å². The quantitative estimate of drug-likeness (QED) is 0.811. The standard InChI is InChI=1S/C11H11FO3/c1-6(11(13)14)7-2-3-9-8(10(7)12)4-5-15-9/h2-3,6H,4-5H2,1H3,(H,13,14). The molecule has 2 rings (SSSR count). The number of hydrogen-bond donors (Lipinski definition) is 1. The molecule has 1 aromatic carbocycles. The monoisotopic (exact) mass is 210 g/mol. The molecule has 0 radical (unpaired) electrons. The molecule has 0 saturated heterocycles. The van der Waals surface area contributed by atoms with Gasteiger partial charge >= 0.3 is 5.97 Å². The predicted octanol–water partition coefficient (Wildman–Crippen LogP) is 1.95. The molecule has 0 fully saturated rings. The first-order valence-corrected chi connectivity index (χ1v) is 4.78. The summed E-state index contributed by atoms with van der Waals surface area (Å²) in [6, 6.07) is 3.12. The summed E-state index contributed by atoms with van der Waals surface area (Å²) >= 11 is 0. The van der Waals surface area contributed by atoms with E-state index >= 15 is 0 Å². The third kappa shape index (κ3) is 1.56. The van der Waals surface area contributed by atoms with Gasteiger partial charge in [-0.05, 0) is 13.0 Å². The largest absolute Gasteiger partial charge is 0.493 e. The maximum Gasteiger partial charge on any atom is 0.310 e. The molecule has 1 unspecified atom stereocenters. The van der Waals surface area contributed by atoms with Gasteiger partial charge in [-0.25, -0.2) is 4.39 Å². The maximum atomic E-state index is 13.8. The van der Waals surface area contributed by atoms with Crippen LogP contribution in [-0.4, -0.2) is 17.7 Å². The van der Waals surface area contributed by atoms with E-state index in [1.165, 1.54) is 13.0 Å². The topological polar surface area (TPSA) is 46.5 Å².